The Morgan fingerprint density at radius 1 is 0.577 bits per heavy atom. The summed E-state index contributed by atoms with van der Waals surface area (Å²) in [5.41, 5.74) is 3.83. The topological polar surface area (TPSA) is 81.8 Å². The Labute approximate surface area is 153 Å². The molecule has 0 aromatic heterocycles. The molecule has 4 nitrogen and oxygen atoms in total. The van der Waals surface area contributed by atoms with E-state index in [0.717, 1.165) is 12.2 Å². The average molecular weight is 344 g/mol. The summed E-state index contributed by atoms with van der Waals surface area (Å²) in [5.74, 6) is 0. The van der Waals surface area contributed by atoms with Crippen molar-refractivity contribution in [1.29, 1.82) is 10.8 Å². The van der Waals surface area contributed by atoms with Gasteiger partial charge in [0.1, 0.15) is 0 Å². The standard InChI is InChI=1S/C20H18.2CHNO/c1-20(17-11-5-2-6-12-17,18-13-7-3-8-14-18)19-15-9-4-10-16-19;2*2-1-3/h2-16H,1H3;2*2H. The zero-order valence-electron chi connectivity index (χ0n) is 14.5. The number of nitrogens with one attached hydrogen (secondary N) is 2. The van der Waals surface area contributed by atoms with Gasteiger partial charge in [-0.2, -0.15) is 0 Å². The van der Waals surface area contributed by atoms with Crippen molar-refractivity contribution in [3.8, 4) is 0 Å². The average Bonchev–Trinajstić information content (AvgIpc) is 2.71. The summed E-state index contributed by atoms with van der Waals surface area (Å²) in [6.45, 7) is 2.30. The summed E-state index contributed by atoms with van der Waals surface area (Å²) in [6.07, 6.45) is 1.50. The molecule has 0 radical (unpaired) electrons. The van der Waals surface area contributed by atoms with Crippen LogP contribution in [0, 0.1) is 10.8 Å². The lowest BCUT2D eigenvalue weighted by atomic mass is 9.71. The third-order valence-electron chi connectivity index (χ3n) is 4.05. The number of benzene rings is 3. The molecule has 26 heavy (non-hydrogen) atoms. The van der Waals surface area contributed by atoms with Gasteiger partial charge in [0.25, 0.3) is 0 Å². The Bertz CT molecular complexity index is 726. The van der Waals surface area contributed by atoms with E-state index in [2.05, 4.69) is 97.9 Å². The van der Waals surface area contributed by atoms with Crippen molar-refractivity contribution in [1.82, 2.24) is 0 Å². The van der Waals surface area contributed by atoms with Crippen molar-refractivity contribution >= 4 is 12.2 Å². The molecule has 0 aliphatic rings. The predicted octanol–water partition coefficient (Wildman–Crippen LogP) is 4.84. The maximum absolute atomic E-state index is 8.35. The Hall–Kier alpha value is -3.58. The first kappa shape index (κ1) is 20.5. The van der Waals surface area contributed by atoms with Crippen molar-refractivity contribution in [3.63, 3.8) is 0 Å². The van der Waals surface area contributed by atoms with Crippen molar-refractivity contribution in [2.45, 2.75) is 12.3 Å². The van der Waals surface area contributed by atoms with Crippen LogP contribution in [0.15, 0.2) is 91.0 Å². The SMILES string of the molecule is CC(c1ccccc1)(c1ccccc1)c1ccccc1.N=C=O.N=C=O. The summed E-state index contributed by atoms with van der Waals surface area (Å²) < 4.78 is 0. The van der Waals surface area contributed by atoms with E-state index in [4.69, 9.17) is 20.4 Å². The molecule has 3 aromatic carbocycles. The molecule has 0 saturated carbocycles. The minimum absolute atomic E-state index is 0.121. The van der Waals surface area contributed by atoms with Crippen LogP contribution in [0.25, 0.3) is 0 Å². The van der Waals surface area contributed by atoms with Crippen LogP contribution in [0.4, 0.5) is 0 Å². The van der Waals surface area contributed by atoms with Crippen LogP contribution in [0.3, 0.4) is 0 Å². The molecule has 3 rings (SSSR count). The second-order valence-corrected chi connectivity index (χ2v) is 5.43. The molecular formula is C22H20N2O2. The van der Waals surface area contributed by atoms with Crippen LogP contribution in [-0.4, -0.2) is 12.2 Å². The highest BCUT2D eigenvalue weighted by atomic mass is 16.1. The van der Waals surface area contributed by atoms with Crippen LogP contribution in [0.5, 0.6) is 0 Å². The van der Waals surface area contributed by atoms with E-state index in [1.165, 1.54) is 16.7 Å². The second kappa shape index (κ2) is 11.1. The number of rotatable bonds is 3. The summed E-state index contributed by atoms with van der Waals surface area (Å²) in [6, 6.07) is 32.1. The third-order valence-corrected chi connectivity index (χ3v) is 4.05. The fourth-order valence-corrected chi connectivity index (χ4v) is 2.81. The van der Waals surface area contributed by atoms with Crippen LogP contribution in [-0.2, 0) is 15.0 Å². The molecule has 0 unspecified atom stereocenters. The fourth-order valence-electron chi connectivity index (χ4n) is 2.81. The Kier molecular flexibility index (Phi) is 8.70. The van der Waals surface area contributed by atoms with Gasteiger partial charge in [-0.15, -0.1) is 0 Å². The zero-order chi connectivity index (χ0) is 19.3. The summed E-state index contributed by atoms with van der Waals surface area (Å²) >= 11 is 0. The molecule has 0 aliphatic carbocycles. The molecule has 0 saturated heterocycles. The Balaban J connectivity index is 0.000000499. The Morgan fingerprint density at radius 3 is 0.962 bits per heavy atom. The van der Waals surface area contributed by atoms with E-state index >= 15 is 0 Å². The smallest absolute Gasteiger partial charge is 0.222 e. The van der Waals surface area contributed by atoms with E-state index in [-0.39, 0.29) is 5.41 Å². The van der Waals surface area contributed by atoms with Gasteiger partial charge in [0.2, 0.25) is 12.2 Å². The Morgan fingerprint density at radius 2 is 0.769 bits per heavy atom. The van der Waals surface area contributed by atoms with Gasteiger partial charge in [-0.25, -0.2) is 20.4 Å². The third kappa shape index (κ3) is 5.22. The quantitative estimate of drug-likeness (QED) is 0.405. The molecular weight excluding hydrogens is 324 g/mol. The van der Waals surface area contributed by atoms with Crippen LogP contribution in [0.1, 0.15) is 23.6 Å². The summed E-state index contributed by atoms with van der Waals surface area (Å²) in [4.78, 5) is 16.7. The summed E-state index contributed by atoms with van der Waals surface area (Å²) in [7, 11) is 0. The van der Waals surface area contributed by atoms with Crippen molar-refractivity contribution in [2.75, 3.05) is 0 Å². The van der Waals surface area contributed by atoms with Gasteiger partial charge in [-0.3, -0.25) is 0 Å². The van der Waals surface area contributed by atoms with Crippen LogP contribution >= 0.6 is 0 Å². The molecule has 0 atom stereocenters. The molecule has 0 amide bonds. The minimum atomic E-state index is -0.121. The number of hydrogen-bond acceptors (Lipinski definition) is 4. The molecule has 0 aliphatic heterocycles. The first-order chi connectivity index (χ1) is 12.6. The van der Waals surface area contributed by atoms with Crippen LogP contribution in [0.2, 0.25) is 0 Å². The molecule has 0 fully saturated rings. The highest BCUT2D eigenvalue weighted by Gasteiger charge is 2.30. The van der Waals surface area contributed by atoms with Gasteiger partial charge in [-0.1, -0.05) is 91.0 Å². The monoisotopic (exact) mass is 344 g/mol. The molecule has 0 heterocycles. The lowest BCUT2D eigenvalue weighted by molar-refractivity contribution is 0.562. The molecule has 4 heteroatoms. The largest absolute Gasteiger partial charge is 0.231 e. The van der Waals surface area contributed by atoms with E-state index in [1.54, 1.807) is 0 Å². The first-order valence-electron chi connectivity index (χ1n) is 7.89. The van der Waals surface area contributed by atoms with Gasteiger partial charge in [0.15, 0.2) is 0 Å². The molecule has 0 spiro atoms. The minimum Gasteiger partial charge on any atom is -0.222 e. The maximum atomic E-state index is 8.35. The number of hydrogen-bond donors (Lipinski definition) is 2. The predicted molar refractivity (Wildman–Crippen MR) is 102 cm³/mol. The fraction of sp³-hybridized carbons (Fsp3) is 0.0909. The highest BCUT2D eigenvalue weighted by Crippen LogP contribution is 2.38. The number of isocyanates is 2. The van der Waals surface area contributed by atoms with E-state index in [0.29, 0.717) is 0 Å². The molecule has 130 valence electrons. The normalized spacial score (nSPS) is 9.27. The lowest BCUT2D eigenvalue weighted by Crippen LogP contribution is -2.25. The van der Waals surface area contributed by atoms with Gasteiger partial charge in [-0.05, 0) is 23.6 Å². The van der Waals surface area contributed by atoms with Gasteiger partial charge < -0.3 is 0 Å². The highest BCUT2D eigenvalue weighted by molar-refractivity contribution is 5.49. The zero-order valence-corrected chi connectivity index (χ0v) is 14.5. The van der Waals surface area contributed by atoms with Gasteiger partial charge in [0, 0.05) is 5.41 Å². The first-order valence-corrected chi connectivity index (χ1v) is 7.89. The van der Waals surface area contributed by atoms with Gasteiger partial charge >= 0.3 is 0 Å². The van der Waals surface area contributed by atoms with Crippen molar-refractivity contribution < 1.29 is 9.59 Å². The second-order valence-electron chi connectivity index (χ2n) is 5.43. The van der Waals surface area contributed by atoms with E-state index in [9.17, 15) is 0 Å². The van der Waals surface area contributed by atoms with Crippen molar-refractivity contribution in [3.05, 3.63) is 108 Å². The molecule has 0 bridgehead atoms. The lowest BCUT2D eigenvalue weighted by Gasteiger charge is -2.31. The molecule has 3 aromatic rings. The van der Waals surface area contributed by atoms with Crippen LogP contribution < -0.4 is 0 Å². The van der Waals surface area contributed by atoms with Crippen molar-refractivity contribution in [2.24, 2.45) is 0 Å². The number of carbonyl (C=O) groups excluding carboxylic acids is 2. The van der Waals surface area contributed by atoms with E-state index < -0.39 is 0 Å². The van der Waals surface area contributed by atoms with E-state index in [1.807, 2.05) is 0 Å². The maximum Gasteiger partial charge on any atom is 0.231 e. The summed E-state index contributed by atoms with van der Waals surface area (Å²) in [5, 5.41) is 10.8. The van der Waals surface area contributed by atoms with Gasteiger partial charge in [0.05, 0.1) is 0 Å². The molecule has 2 N–H and O–H groups in total.